The molecule has 1 atom stereocenters. The second-order valence-electron chi connectivity index (χ2n) is 6.92. The van der Waals surface area contributed by atoms with Crippen LogP contribution in [0.3, 0.4) is 0 Å². The molecule has 0 radical (unpaired) electrons. The standard InChI is InChI=1S/C19H27NO3/c1-13(2)17(19(22)23)12-18(21)20-16-10-8-15(9-11-16)14-6-4-3-5-7-14/h3-7,13,15-17H,8-12H2,1-2H3,(H,20,21)(H,22,23). The highest BCUT2D eigenvalue weighted by molar-refractivity contribution is 5.82. The molecule has 23 heavy (non-hydrogen) atoms. The van der Waals surface area contributed by atoms with Crippen LogP contribution in [-0.4, -0.2) is 23.0 Å². The molecule has 1 saturated carbocycles. The minimum Gasteiger partial charge on any atom is -0.481 e. The van der Waals surface area contributed by atoms with Crippen LogP contribution in [0.15, 0.2) is 30.3 Å². The maximum atomic E-state index is 12.1. The summed E-state index contributed by atoms with van der Waals surface area (Å²) in [4.78, 5) is 23.3. The van der Waals surface area contributed by atoms with Crippen molar-refractivity contribution in [2.24, 2.45) is 11.8 Å². The zero-order chi connectivity index (χ0) is 16.8. The molecule has 1 fully saturated rings. The number of carbonyl (C=O) groups excluding carboxylic acids is 1. The number of hydrogen-bond donors (Lipinski definition) is 2. The van der Waals surface area contributed by atoms with E-state index in [1.54, 1.807) is 0 Å². The van der Waals surface area contributed by atoms with Gasteiger partial charge >= 0.3 is 5.97 Å². The number of carboxylic acid groups (broad SMARTS) is 1. The second-order valence-corrected chi connectivity index (χ2v) is 6.92. The molecule has 2 N–H and O–H groups in total. The lowest BCUT2D eigenvalue weighted by molar-refractivity contribution is -0.145. The van der Waals surface area contributed by atoms with Gasteiger partial charge in [-0.15, -0.1) is 0 Å². The fraction of sp³-hybridized carbons (Fsp3) is 0.579. The number of carbonyl (C=O) groups is 2. The maximum Gasteiger partial charge on any atom is 0.307 e. The number of benzene rings is 1. The van der Waals surface area contributed by atoms with Crippen molar-refractivity contribution in [3.63, 3.8) is 0 Å². The Morgan fingerprint density at radius 2 is 1.74 bits per heavy atom. The Bertz CT molecular complexity index is 519. The molecule has 0 bridgehead atoms. The van der Waals surface area contributed by atoms with E-state index in [0.717, 1.165) is 25.7 Å². The molecule has 1 amide bonds. The SMILES string of the molecule is CC(C)C(CC(=O)NC1CCC(c2ccccc2)CC1)C(=O)O. The summed E-state index contributed by atoms with van der Waals surface area (Å²) in [5, 5.41) is 12.2. The minimum absolute atomic E-state index is 0.0351. The molecule has 0 heterocycles. The Hall–Kier alpha value is -1.84. The van der Waals surface area contributed by atoms with E-state index in [1.807, 2.05) is 19.9 Å². The lowest BCUT2D eigenvalue weighted by Gasteiger charge is -2.30. The molecule has 4 heteroatoms. The third-order valence-electron chi connectivity index (χ3n) is 4.89. The highest BCUT2D eigenvalue weighted by Gasteiger charge is 2.27. The van der Waals surface area contributed by atoms with Crippen molar-refractivity contribution in [3.05, 3.63) is 35.9 Å². The van der Waals surface area contributed by atoms with Gasteiger partial charge in [-0.3, -0.25) is 9.59 Å². The highest BCUT2D eigenvalue weighted by Crippen LogP contribution is 2.32. The quantitative estimate of drug-likeness (QED) is 0.843. The van der Waals surface area contributed by atoms with Gasteiger partial charge in [-0.25, -0.2) is 0 Å². The van der Waals surface area contributed by atoms with Crippen molar-refractivity contribution in [3.8, 4) is 0 Å². The first-order chi connectivity index (χ1) is 11.0. The zero-order valence-electron chi connectivity index (χ0n) is 14.0. The van der Waals surface area contributed by atoms with E-state index in [0.29, 0.717) is 5.92 Å². The Labute approximate surface area is 138 Å². The lowest BCUT2D eigenvalue weighted by Crippen LogP contribution is -2.39. The first-order valence-corrected chi connectivity index (χ1v) is 8.54. The number of hydrogen-bond acceptors (Lipinski definition) is 2. The minimum atomic E-state index is -0.886. The molecule has 1 aromatic rings. The number of nitrogens with one attached hydrogen (secondary N) is 1. The molecule has 0 saturated heterocycles. The molecule has 1 unspecified atom stereocenters. The zero-order valence-corrected chi connectivity index (χ0v) is 14.0. The summed E-state index contributed by atoms with van der Waals surface area (Å²) in [6.07, 6.45) is 4.14. The smallest absolute Gasteiger partial charge is 0.307 e. The third kappa shape index (κ3) is 5.08. The average molecular weight is 317 g/mol. The van der Waals surface area contributed by atoms with Gasteiger partial charge in [0.25, 0.3) is 0 Å². The predicted molar refractivity (Wildman–Crippen MR) is 90.2 cm³/mol. The van der Waals surface area contributed by atoms with E-state index < -0.39 is 11.9 Å². The van der Waals surface area contributed by atoms with Crippen molar-refractivity contribution in [2.75, 3.05) is 0 Å². The van der Waals surface area contributed by atoms with E-state index in [1.165, 1.54) is 5.56 Å². The van der Waals surface area contributed by atoms with E-state index >= 15 is 0 Å². The molecular formula is C19H27NO3. The number of amides is 1. The van der Waals surface area contributed by atoms with Gasteiger partial charge in [-0.1, -0.05) is 44.2 Å². The van der Waals surface area contributed by atoms with E-state index in [-0.39, 0.29) is 24.3 Å². The topological polar surface area (TPSA) is 66.4 Å². The normalized spacial score (nSPS) is 22.6. The Kier molecular flexibility index (Phi) is 6.20. The molecule has 1 aliphatic rings. The molecule has 0 spiro atoms. The second kappa shape index (κ2) is 8.14. The Balaban J connectivity index is 1.80. The molecule has 126 valence electrons. The molecular weight excluding hydrogens is 290 g/mol. The Morgan fingerprint density at radius 3 is 2.26 bits per heavy atom. The van der Waals surface area contributed by atoms with Crippen LogP contribution in [0.2, 0.25) is 0 Å². The molecule has 0 aromatic heterocycles. The van der Waals surface area contributed by atoms with E-state index in [2.05, 4.69) is 29.6 Å². The predicted octanol–water partition coefficient (Wildman–Crippen LogP) is 3.58. The van der Waals surface area contributed by atoms with Crippen molar-refractivity contribution in [1.29, 1.82) is 0 Å². The van der Waals surface area contributed by atoms with Crippen LogP contribution in [0.1, 0.15) is 57.4 Å². The monoisotopic (exact) mass is 317 g/mol. The van der Waals surface area contributed by atoms with Crippen molar-refractivity contribution in [2.45, 2.75) is 57.9 Å². The van der Waals surface area contributed by atoms with Crippen LogP contribution >= 0.6 is 0 Å². The molecule has 1 aromatic carbocycles. The first kappa shape index (κ1) is 17.5. The van der Waals surface area contributed by atoms with Crippen LogP contribution < -0.4 is 5.32 Å². The first-order valence-electron chi connectivity index (χ1n) is 8.54. The van der Waals surface area contributed by atoms with Crippen LogP contribution in [0.25, 0.3) is 0 Å². The molecule has 1 aliphatic carbocycles. The molecule has 4 nitrogen and oxygen atoms in total. The van der Waals surface area contributed by atoms with Gasteiger partial charge in [0.1, 0.15) is 0 Å². The highest BCUT2D eigenvalue weighted by atomic mass is 16.4. The van der Waals surface area contributed by atoms with E-state index in [4.69, 9.17) is 0 Å². The summed E-state index contributed by atoms with van der Waals surface area (Å²) in [5.41, 5.74) is 1.38. The van der Waals surface area contributed by atoms with Gasteiger partial charge in [0.2, 0.25) is 5.91 Å². The van der Waals surface area contributed by atoms with Gasteiger partial charge in [0.05, 0.1) is 5.92 Å². The van der Waals surface area contributed by atoms with E-state index in [9.17, 15) is 14.7 Å². The van der Waals surface area contributed by atoms with Crippen LogP contribution in [0, 0.1) is 11.8 Å². The van der Waals surface area contributed by atoms with Crippen molar-refractivity contribution >= 4 is 11.9 Å². The van der Waals surface area contributed by atoms with Gasteiger partial charge in [0, 0.05) is 12.5 Å². The lowest BCUT2D eigenvalue weighted by atomic mass is 9.81. The van der Waals surface area contributed by atoms with Crippen LogP contribution in [0.5, 0.6) is 0 Å². The number of rotatable bonds is 6. The summed E-state index contributed by atoms with van der Waals surface area (Å²) in [6, 6.07) is 10.7. The van der Waals surface area contributed by atoms with Gasteiger partial charge < -0.3 is 10.4 Å². The average Bonchev–Trinajstić information content (AvgIpc) is 2.53. The molecule has 2 rings (SSSR count). The largest absolute Gasteiger partial charge is 0.481 e. The summed E-state index contributed by atoms with van der Waals surface area (Å²) in [5.74, 6) is -1.08. The third-order valence-corrected chi connectivity index (χ3v) is 4.89. The number of aliphatic carboxylic acids is 1. The van der Waals surface area contributed by atoms with Gasteiger partial charge in [-0.05, 0) is 43.1 Å². The van der Waals surface area contributed by atoms with Crippen LogP contribution in [-0.2, 0) is 9.59 Å². The number of carboxylic acids is 1. The summed E-state index contributed by atoms with van der Waals surface area (Å²) in [6.45, 7) is 3.69. The van der Waals surface area contributed by atoms with Crippen LogP contribution in [0.4, 0.5) is 0 Å². The van der Waals surface area contributed by atoms with Gasteiger partial charge in [0.15, 0.2) is 0 Å². The van der Waals surface area contributed by atoms with Crippen molar-refractivity contribution in [1.82, 2.24) is 5.32 Å². The summed E-state index contributed by atoms with van der Waals surface area (Å²) >= 11 is 0. The summed E-state index contributed by atoms with van der Waals surface area (Å²) in [7, 11) is 0. The molecule has 0 aliphatic heterocycles. The fourth-order valence-corrected chi connectivity index (χ4v) is 3.39. The van der Waals surface area contributed by atoms with Gasteiger partial charge in [-0.2, -0.15) is 0 Å². The maximum absolute atomic E-state index is 12.1. The van der Waals surface area contributed by atoms with Crippen molar-refractivity contribution < 1.29 is 14.7 Å². The summed E-state index contributed by atoms with van der Waals surface area (Å²) < 4.78 is 0. The fourth-order valence-electron chi connectivity index (χ4n) is 3.39. The Morgan fingerprint density at radius 1 is 1.13 bits per heavy atom.